The summed E-state index contributed by atoms with van der Waals surface area (Å²) in [6, 6.07) is 0. The molecule has 0 spiro atoms. The highest BCUT2D eigenvalue weighted by Gasteiger charge is 1.77. The Bertz CT molecular complexity index is 209. The number of nitrogens with one attached hydrogen (secondary N) is 1. The van der Waals surface area contributed by atoms with Crippen molar-refractivity contribution in [1.82, 2.24) is 9.97 Å². The summed E-state index contributed by atoms with van der Waals surface area (Å²) in [4.78, 5) is 6.64. The van der Waals surface area contributed by atoms with E-state index < -0.39 is 0 Å². The van der Waals surface area contributed by atoms with Gasteiger partial charge in [0.05, 0.1) is 0 Å². The Morgan fingerprint density at radius 3 is 2.40 bits per heavy atom. The van der Waals surface area contributed by atoms with Crippen molar-refractivity contribution in [3.05, 3.63) is 22.7 Å². The fraction of sp³-hybridized carbons (Fsp3) is 0.429. The fourth-order valence-electron chi connectivity index (χ4n) is 0.411. The summed E-state index contributed by atoms with van der Waals surface area (Å²) in [5.41, 5.74) is 1.10. The minimum Gasteiger partial charge on any atom is -0.337 e. The molecule has 1 aromatic rings. The van der Waals surface area contributed by atoms with Crippen molar-refractivity contribution in [2.75, 3.05) is 0 Å². The van der Waals surface area contributed by atoms with E-state index in [0.29, 0.717) is 4.77 Å². The average Bonchev–Trinajstić information content (AvgIpc) is 2.00. The molecule has 0 fully saturated rings. The third-order valence-electron chi connectivity index (χ3n) is 0.809. The zero-order valence-electron chi connectivity index (χ0n) is 6.51. The molecule has 1 rings (SSSR count). The van der Waals surface area contributed by atoms with E-state index in [-0.39, 0.29) is 0 Å². The molecule has 0 bridgehead atoms. The summed E-state index contributed by atoms with van der Waals surface area (Å²) in [5.74, 6) is 0. The van der Waals surface area contributed by atoms with Crippen LogP contribution in [-0.4, -0.2) is 9.97 Å². The first-order valence-electron chi connectivity index (χ1n) is 3.30. The van der Waals surface area contributed by atoms with Gasteiger partial charge in [0.1, 0.15) is 0 Å². The van der Waals surface area contributed by atoms with E-state index in [1.165, 1.54) is 0 Å². The highest BCUT2D eigenvalue weighted by molar-refractivity contribution is 7.71. The van der Waals surface area contributed by atoms with Crippen LogP contribution in [0.15, 0.2) is 12.4 Å². The van der Waals surface area contributed by atoms with Crippen molar-refractivity contribution in [2.24, 2.45) is 0 Å². The number of aryl methyl sites for hydroxylation is 1. The summed E-state index contributed by atoms with van der Waals surface area (Å²) in [5, 5.41) is 0. The van der Waals surface area contributed by atoms with Gasteiger partial charge >= 0.3 is 0 Å². The van der Waals surface area contributed by atoms with E-state index in [9.17, 15) is 0 Å². The van der Waals surface area contributed by atoms with Crippen LogP contribution in [0.3, 0.4) is 0 Å². The van der Waals surface area contributed by atoms with Crippen molar-refractivity contribution < 1.29 is 0 Å². The van der Waals surface area contributed by atoms with Gasteiger partial charge in [-0.25, -0.2) is 4.98 Å². The highest BCUT2D eigenvalue weighted by Crippen LogP contribution is 1.86. The van der Waals surface area contributed by atoms with Crippen molar-refractivity contribution >= 4 is 12.2 Å². The van der Waals surface area contributed by atoms with E-state index in [1.54, 1.807) is 6.20 Å². The summed E-state index contributed by atoms with van der Waals surface area (Å²) < 4.78 is 0.538. The molecule has 56 valence electrons. The lowest BCUT2D eigenvalue weighted by Gasteiger charge is -1.85. The normalized spacial score (nSPS) is 7.90. The number of rotatable bonds is 0. The molecule has 1 heterocycles. The monoisotopic (exact) mass is 156 g/mol. The van der Waals surface area contributed by atoms with E-state index in [2.05, 4.69) is 9.97 Å². The molecule has 10 heavy (non-hydrogen) atoms. The first-order valence-corrected chi connectivity index (χ1v) is 3.71. The summed E-state index contributed by atoms with van der Waals surface area (Å²) in [6.45, 7) is 5.96. The van der Waals surface area contributed by atoms with E-state index in [4.69, 9.17) is 12.2 Å². The Labute approximate surface area is 66.3 Å². The van der Waals surface area contributed by atoms with Crippen molar-refractivity contribution in [3.63, 3.8) is 0 Å². The lowest BCUT2D eigenvalue weighted by molar-refractivity contribution is 1.10. The molecule has 1 aromatic heterocycles. The Hall–Kier alpha value is -0.700. The number of hydrogen-bond donors (Lipinski definition) is 1. The second-order valence-electron chi connectivity index (χ2n) is 1.60. The van der Waals surface area contributed by atoms with Crippen LogP contribution in [0.5, 0.6) is 0 Å². The Morgan fingerprint density at radius 1 is 1.50 bits per heavy atom. The molecule has 0 atom stereocenters. The molecule has 0 aliphatic rings. The van der Waals surface area contributed by atoms with Crippen LogP contribution in [0.25, 0.3) is 0 Å². The maximum atomic E-state index is 4.70. The van der Waals surface area contributed by atoms with Gasteiger partial charge in [-0.2, -0.15) is 0 Å². The first kappa shape index (κ1) is 9.30. The first-order chi connectivity index (χ1) is 4.79. The Balaban J connectivity index is 0.000000371. The second-order valence-corrected chi connectivity index (χ2v) is 1.98. The van der Waals surface area contributed by atoms with Gasteiger partial charge in [-0.1, -0.05) is 13.8 Å². The minimum atomic E-state index is 0.538. The lowest BCUT2D eigenvalue weighted by Crippen LogP contribution is -1.79. The number of aromatic amines is 1. The number of aromatic nitrogens is 2. The Kier molecular flexibility index (Phi) is 4.76. The van der Waals surface area contributed by atoms with Gasteiger partial charge in [-0.15, -0.1) is 0 Å². The van der Waals surface area contributed by atoms with Gasteiger partial charge in [-0.3, -0.25) is 0 Å². The Morgan fingerprint density at radius 2 is 2.10 bits per heavy atom. The van der Waals surface area contributed by atoms with E-state index in [1.807, 2.05) is 27.0 Å². The molecule has 0 saturated carbocycles. The molecular formula is C7H12N2S. The topological polar surface area (TPSA) is 28.7 Å². The largest absolute Gasteiger partial charge is 0.337 e. The molecule has 1 N–H and O–H groups in total. The minimum absolute atomic E-state index is 0.538. The number of H-pyrrole nitrogens is 1. The SMILES string of the molecule is CC.Cc1cnc(=S)[nH]c1. The van der Waals surface area contributed by atoms with Crippen LogP contribution < -0.4 is 0 Å². The van der Waals surface area contributed by atoms with E-state index in [0.717, 1.165) is 5.56 Å². The molecule has 0 amide bonds. The van der Waals surface area contributed by atoms with Crippen LogP contribution in [0.1, 0.15) is 19.4 Å². The highest BCUT2D eigenvalue weighted by atomic mass is 32.1. The van der Waals surface area contributed by atoms with Crippen LogP contribution in [-0.2, 0) is 0 Å². The van der Waals surface area contributed by atoms with Gasteiger partial charge < -0.3 is 4.98 Å². The third-order valence-corrected chi connectivity index (χ3v) is 1.03. The van der Waals surface area contributed by atoms with Gasteiger partial charge in [0.25, 0.3) is 0 Å². The number of hydrogen-bond acceptors (Lipinski definition) is 2. The van der Waals surface area contributed by atoms with Crippen LogP contribution in [0, 0.1) is 11.7 Å². The standard InChI is InChI=1S/C5H6N2S.C2H6/c1-4-2-6-5(8)7-3-4;1-2/h2-3H,1H3,(H,6,7,8);1-2H3. The molecule has 3 heteroatoms. The number of nitrogens with zero attached hydrogens (tertiary/aromatic N) is 1. The summed E-state index contributed by atoms with van der Waals surface area (Å²) in [6.07, 6.45) is 3.56. The van der Waals surface area contributed by atoms with Crippen molar-refractivity contribution in [1.29, 1.82) is 0 Å². The molecular weight excluding hydrogens is 144 g/mol. The second kappa shape index (κ2) is 5.11. The van der Waals surface area contributed by atoms with Gasteiger partial charge in [0.2, 0.25) is 0 Å². The average molecular weight is 156 g/mol. The zero-order valence-corrected chi connectivity index (χ0v) is 7.33. The van der Waals surface area contributed by atoms with Gasteiger partial charge in [-0.05, 0) is 24.7 Å². The molecule has 0 aliphatic heterocycles. The van der Waals surface area contributed by atoms with Crippen LogP contribution in [0.2, 0.25) is 0 Å². The van der Waals surface area contributed by atoms with E-state index >= 15 is 0 Å². The molecule has 0 saturated heterocycles. The molecule has 0 radical (unpaired) electrons. The molecule has 2 nitrogen and oxygen atoms in total. The summed E-state index contributed by atoms with van der Waals surface area (Å²) >= 11 is 4.70. The predicted octanol–water partition coefficient (Wildman–Crippen LogP) is 2.47. The summed E-state index contributed by atoms with van der Waals surface area (Å²) in [7, 11) is 0. The maximum Gasteiger partial charge on any atom is 0.196 e. The zero-order chi connectivity index (χ0) is 7.98. The van der Waals surface area contributed by atoms with Crippen molar-refractivity contribution in [2.45, 2.75) is 20.8 Å². The maximum absolute atomic E-state index is 4.70. The van der Waals surface area contributed by atoms with Crippen LogP contribution in [0.4, 0.5) is 0 Å². The predicted molar refractivity (Wildman–Crippen MR) is 45.5 cm³/mol. The molecule has 0 aliphatic carbocycles. The molecule has 0 unspecified atom stereocenters. The fourth-order valence-corrected chi connectivity index (χ4v) is 0.522. The van der Waals surface area contributed by atoms with Crippen molar-refractivity contribution in [3.8, 4) is 0 Å². The smallest absolute Gasteiger partial charge is 0.196 e. The lowest BCUT2D eigenvalue weighted by atomic mass is 10.4. The third kappa shape index (κ3) is 3.35. The quantitative estimate of drug-likeness (QED) is 0.584. The van der Waals surface area contributed by atoms with Gasteiger partial charge in [0.15, 0.2) is 4.77 Å². The molecule has 0 aromatic carbocycles. The van der Waals surface area contributed by atoms with Gasteiger partial charge in [0, 0.05) is 12.4 Å². The van der Waals surface area contributed by atoms with Crippen LogP contribution >= 0.6 is 12.2 Å².